The Labute approximate surface area is 102 Å². The summed E-state index contributed by atoms with van der Waals surface area (Å²) >= 11 is 0. The number of rotatable bonds is 2. The molecule has 1 saturated heterocycles. The third-order valence-corrected chi connectivity index (χ3v) is 4.34. The van der Waals surface area contributed by atoms with Crippen LogP contribution >= 0.6 is 0 Å². The first-order valence-electron chi connectivity index (χ1n) is 6.76. The van der Waals surface area contributed by atoms with Crippen LogP contribution in [0.15, 0.2) is 4.52 Å². The highest BCUT2D eigenvalue weighted by molar-refractivity contribution is 5.07. The first-order chi connectivity index (χ1) is 8.17. The molecule has 1 aromatic rings. The minimum absolute atomic E-state index is 0.0878. The Bertz CT molecular complexity index is 395. The van der Waals surface area contributed by atoms with E-state index in [-0.39, 0.29) is 5.54 Å². The standard InChI is InChI=1S/C13H21N3O/c1-9-4-5-10(8-9)11-15-12(17-16-11)13(2)6-3-7-14-13/h9-10,14H,3-8H2,1-2H3. The molecule has 4 nitrogen and oxygen atoms in total. The van der Waals surface area contributed by atoms with Gasteiger partial charge in [-0.15, -0.1) is 0 Å². The van der Waals surface area contributed by atoms with Gasteiger partial charge in [-0.05, 0) is 51.5 Å². The third-order valence-electron chi connectivity index (χ3n) is 4.34. The third kappa shape index (κ3) is 1.99. The van der Waals surface area contributed by atoms with Crippen molar-refractivity contribution >= 4 is 0 Å². The van der Waals surface area contributed by atoms with Crippen LogP contribution in [0.4, 0.5) is 0 Å². The van der Waals surface area contributed by atoms with Crippen LogP contribution in [0.1, 0.15) is 63.6 Å². The summed E-state index contributed by atoms with van der Waals surface area (Å²) in [6, 6.07) is 0. The van der Waals surface area contributed by atoms with E-state index in [0.29, 0.717) is 5.92 Å². The van der Waals surface area contributed by atoms with Crippen molar-refractivity contribution in [3.63, 3.8) is 0 Å². The van der Waals surface area contributed by atoms with Gasteiger partial charge in [0.05, 0.1) is 5.54 Å². The minimum Gasteiger partial charge on any atom is -0.337 e. The lowest BCUT2D eigenvalue weighted by atomic mass is 10.0. The van der Waals surface area contributed by atoms with Crippen LogP contribution in [0.25, 0.3) is 0 Å². The zero-order chi connectivity index (χ0) is 11.9. The molecule has 3 rings (SSSR count). The molecule has 0 bridgehead atoms. The van der Waals surface area contributed by atoms with E-state index in [0.717, 1.165) is 30.6 Å². The van der Waals surface area contributed by atoms with Crippen LogP contribution in [-0.4, -0.2) is 16.7 Å². The zero-order valence-electron chi connectivity index (χ0n) is 10.7. The Hall–Kier alpha value is -0.900. The molecule has 1 saturated carbocycles. The molecule has 3 unspecified atom stereocenters. The van der Waals surface area contributed by atoms with Gasteiger partial charge in [-0.2, -0.15) is 4.98 Å². The van der Waals surface area contributed by atoms with Gasteiger partial charge in [-0.1, -0.05) is 12.1 Å². The lowest BCUT2D eigenvalue weighted by Crippen LogP contribution is -2.33. The van der Waals surface area contributed by atoms with E-state index in [4.69, 9.17) is 4.52 Å². The number of hydrogen-bond acceptors (Lipinski definition) is 4. The lowest BCUT2D eigenvalue weighted by Gasteiger charge is -2.18. The monoisotopic (exact) mass is 235 g/mol. The van der Waals surface area contributed by atoms with Crippen LogP contribution in [0, 0.1) is 5.92 Å². The fraction of sp³-hybridized carbons (Fsp3) is 0.846. The SMILES string of the molecule is CC1CCC(c2noc(C3(C)CCCN3)n2)C1. The maximum absolute atomic E-state index is 5.48. The summed E-state index contributed by atoms with van der Waals surface area (Å²) < 4.78 is 5.48. The smallest absolute Gasteiger partial charge is 0.246 e. The summed E-state index contributed by atoms with van der Waals surface area (Å²) in [6.45, 7) is 5.52. The molecule has 0 radical (unpaired) electrons. The van der Waals surface area contributed by atoms with Gasteiger partial charge < -0.3 is 9.84 Å². The Morgan fingerprint density at radius 1 is 1.41 bits per heavy atom. The fourth-order valence-electron chi connectivity index (χ4n) is 3.14. The normalized spacial score (nSPS) is 37.8. The second-order valence-electron chi connectivity index (χ2n) is 5.94. The Balaban J connectivity index is 1.78. The van der Waals surface area contributed by atoms with Crippen molar-refractivity contribution in [3.8, 4) is 0 Å². The minimum atomic E-state index is -0.0878. The van der Waals surface area contributed by atoms with E-state index in [9.17, 15) is 0 Å². The van der Waals surface area contributed by atoms with Crippen molar-refractivity contribution in [2.75, 3.05) is 6.54 Å². The van der Waals surface area contributed by atoms with Crippen LogP contribution in [0.3, 0.4) is 0 Å². The molecule has 17 heavy (non-hydrogen) atoms. The van der Waals surface area contributed by atoms with Gasteiger partial charge in [0.15, 0.2) is 5.82 Å². The maximum atomic E-state index is 5.48. The van der Waals surface area contributed by atoms with Crippen LogP contribution in [-0.2, 0) is 5.54 Å². The molecule has 4 heteroatoms. The molecule has 94 valence electrons. The molecule has 0 spiro atoms. The zero-order valence-corrected chi connectivity index (χ0v) is 10.7. The summed E-state index contributed by atoms with van der Waals surface area (Å²) in [6.07, 6.45) is 6.00. The van der Waals surface area contributed by atoms with Gasteiger partial charge in [0, 0.05) is 5.92 Å². The van der Waals surface area contributed by atoms with Crippen molar-refractivity contribution < 1.29 is 4.52 Å². The molecule has 0 amide bonds. The fourth-order valence-corrected chi connectivity index (χ4v) is 3.14. The number of hydrogen-bond donors (Lipinski definition) is 1. The van der Waals surface area contributed by atoms with E-state index in [1.54, 1.807) is 0 Å². The summed E-state index contributed by atoms with van der Waals surface area (Å²) in [4.78, 5) is 4.64. The van der Waals surface area contributed by atoms with Crippen molar-refractivity contribution in [3.05, 3.63) is 11.7 Å². The van der Waals surface area contributed by atoms with Crippen molar-refractivity contribution in [2.24, 2.45) is 5.92 Å². The van der Waals surface area contributed by atoms with Gasteiger partial charge in [0.2, 0.25) is 5.89 Å². The first-order valence-corrected chi connectivity index (χ1v) is 6.76. The highest BCUT2D eigenvalue weighted by Gasteiger charge is 2.37. The summed E-state index contributed by atoms with van der Waals surface area (Å²) in [5.74, 6) is 3.04. The Kier molecular flexibility index (Phi) is 2.69. The summed E-state index contributed by atoms with van der Waals surface area (Å²) in [5.41, 5.74) is -0.0878. The average Bonchev–Trinajstić information content (AvgIpc) is 2.96. The predicted molar refractivity (Wildman–Crippen MR) is 64.6 cm³/mol. The molecule has 0 aromatic carbocycles. The number of nitrogens with one attached hydrogen (secondary N) is 1. The maximum Gasteiger partial charge on any atom is 0.246 e. The average molecular weight is 235 g/mol. The van der Waals surface area contributed by atoms with Gasteiger partial charge >= 0.3 is 0 Å². The lowest BCUT2D eigenvalue weighted by molar-refractivity contribution is 0.273. The number of aromatic nitrogens is 2. The Morgan fingerprint density at radius 3 is 2.94 bits per heavy atom. The molecule has 1 aromatic heterocycles. The van der Waals surface area contributed by atoms with Crippen LogP contribution in [0.5, 0.6) is 0 Å². The van der Waals surface area contributed by atoms with Crippen LogP contribution < -0.4 is 5.32 Å². The van der Waals surface area contributed by atoms with Gasteiger partial charge in [0.25, 0.3) is 0 Å². The van der Waals surface area contributed by atoms with E-state index >= 15 is 0 Å². The van der Waals surface area contributed by atoms with Gasteiger partial charge in [0.1, 0.15) is 0 Å². The van der Waals surface area contributed by atoms with E-state index < -0.39 is 0 Å². The number of nitrogens with zero attached hydrogens (tertiary/aromatic N) is 2. The van der Waals surface area contributed by atoms with E-state index in [1.807, 2.05) is 0 Å². The van der Waals surface area contributed by atoms with Crippen LogP contribution in [0.2, 0.25) is 0 Å². The van der Waals surface area contributed by atoms with Crippen molar-refractivity contribution in [1.82, 2.24) is 15.5 Å². The van der Waals surface area contributed by atoms with E-state index in [2.05, 4.69) is 29.3 Å². The first kappa shape index (κ1) is 11.2. The van der Waals surface area contributed by atoms with Gasteiger partial charge in [-0.3, -0.25) is 0 Å². The molecule has 2 fully saturated rings. The Morgan fingerprint density at radius 2 is 2.29 bits per heavy atom. The summed E-state index contributed by atoms with van der Waals surface area (Å²) in [5, 5.41) is 7.66. The molecule has 2 aliphatic rings. The quantitative estimate of drug-likeness (QED) is 0.856. The topological polar surface area (TPSA) is 51.0 Å². The second kappa shape index (κ2) is 4.09. The molecule has 2 heterocycles. The molecule has 1 aliphatic heterocycles. The second-order valence-corrected chi connectivity index (χ2v) is 5.94. The molecule has 3 atom stereocenters. The highest BCUT2D eigenvalue weighted by Crippen LogP contribution is 2.37. The molecule has 1 N–H and O–H groups in total. The highest BCUT2D eigenvalue weighted by atomic mass is 16.5. The molecular formula is C13H21N3O. The molecular weight excluding hydrogens is 214 g/mol. The van der Waals surface area contributed by atoms with E-state index in [1.165, 1.54) is 25.7 Å². The molecule has 1 aliphatic carbocycles. The van der Waals surface area contributed by atoms with Crippen molar-refractivity contribution in [1.29, 1.82) is 0 Å². The summed E-state index contributed by atoms with van der Waals surface area (Å²) in [7, 11) is 0. The van der Waals surface area contributed by atoms with Gasteiger partial charge in [-0.25, -0.2) is 0 Å². The largest absolute Gasteiger partial charge is 0.337 e. The van der Waals surface area contributed by atoms with Crippen molar-refractivity contribution in [2.45, 2.75) is 57.4 Å². The predicted octanol–water partition coefficient (Wildman–Crippen LogP) is 2.57.